The lowest BCUT2D eigenvalue weighted by molar-refractivity contribution is -0.145. The standard InChI is InChI=1S/C10H17NO2/c1-9(13-10(2)12)7-5-3-4-6-8-11/h9H,3-7H2,1-2H3. The Kier molecular flexibility index (Phi) is 6.99. The van der Waals surface area contributed by atoms with Crippen LogP contribution in [0.2, 0.25) is 0 Å². The Morgan fingerprint density at radius 2 is 2.15 bits per heavy atom. The lowest BCUT2D eigenvalue weighted by Gasteiger charge is -2.10. The molecule has 0 aromatic carbocycles. The first-order chi connectivity index (χ1) is 6.16. The molecular formula is C10H17NO2. The molecule has 0 bridgehead atoms. The SMILES string of the molecule is CC(=O)OC(C)CCCCCC#N. The molecule has 0 rings (SSSR count). The Morgan fingerprint density at radius 1 is 1.46 bits per heavy atom. The average molecular weight is 183 g/mol. The van der Waals surface area contributed by atoms with Gasteiger partial charge in [0.2, 0.25) is 0 Å². The normalized spacial score (nSPS) is 11.8. The molecule has 1 atom stereocenters. The van der Waals surface area contributed by atoms with E-state index in [4.69, 9.17) is 10.00 Å². The highest BCUT2D eigenvalue weighted by Gasteiger charge is 2.03. The molecule has 0 radical (unpaired) electrons. The summed E-state index contributed by atoms with van der Waals surface area (Å²) in [5.41, 5.74) is 0. The molecule has 3 nitrogen and oxygen atoms in total. The highest BCUT2D eigenvalue weighted by atomic mass is 16.5. The monoisotopic (exact) mass is 183 g/mol. The predicted octanol–water partition coefficient (Wildman–Crippen LogP) is 2.41. The third-order valence-electron chi connectivity index (χ3n) is 1.77. The van der Waals surface area contributed by atoms with Gasteiger partial charge in [-0.1, -0.05) is 6.42 Å². The van der Waals surface area contributed by atoms with Crippen LogP contribution in [0.3, 0.4) is 0 Å². The van der Waals surface area contributed by atoms with E-state index in [-0.39, 0.29) is 12.1 Å². The largest absolute Gasteiger partial charge is 0.463 e. The maximum Gasteiger partial charge on any atom is 0.302 e. The van der Waals surface area contributed by atoms with Gasteiger partial charge < -0.3 is 4.74 Å². The molecular weight excluding hydrogens is 166 g/mol. The number of nitrogens with zero attached hydrogens (tertiary/aromatic N) is 1. The van der Waals surface area contributed by atoms with E-state index in [0.717, 1.165) is 25.7 Å². The average Bonchev–Trinajstić information content (AvgIpc) is 2.02. The number of hydrogen-bond donors (Lipinski definition) is 0. The van der Waals surface area contributed by atoms with Gasteiger partial charge in [0.05, 0.1) is 12.2 Å². The van der Waals surface area contributed by atoms with Crippen LogP contribution < -0.4 is 0 Å². The van der Waals surface area contributed by atoms with Gasteiger partial charge in [0.25, 0.3) is 0 Å². The van der Waals surface area contributed by atoms with Crippen LogP contribution in [0.5, 0.6) is 0 Å². The molecule has 0 N–H and O–H groups in total. The van der Waals surface area contributed by atoms with Gasteiger partial charge in [-0.2, -0.15) is 5.26 Å². The summed E-state index contributed by atoms with van der Waals surface area (Å²) in [6.45, 7) is 3.32. The molecule has 74 valence electrons. The van der Waals surface area contributed by atoms with Crippen molar-refractivity contribution in [2.24, 2.45) is 0 Å². The van der Waals surface area contributed by atoms with E-state index in [1.54, 1.807) is 0 Å². The van der Waals surface area contributed by atoms with Crippen LogP contribution in [-0.4, -0.2) is 12.1 Å². The Morgan fingerprint density at radius 3 is 2.69 bits per heavy atom. The molecule has 0 aliphatic heterocycles. The predicted molar refractivity (Wildman–Crippen MR) is 49.9 cm³/mol. The van der Waals surface area contributed by atoms with Gasteiger partial charge in [-0.3, -0.25) is 4.79 Å². The van der Waals surface area contributed by atoms with Crippen molar-refractivity contribution >= 4 is 5.97 Å². The molecule has 0 aromatic rings. The highest BCUT2D eigenvalue weighted by Crippen LogP contribution is 2.07. The Hall–Kier alpha value is -1.04. The van der Waals surface area contributed by atoms with Gasteiger partial charge in [0.1, 0.15) is 0 Å². The lowest BCUT2D eigenvalue weighted by Crippen LogP contribution is -2.11. The highest BCUT2D eigenvalue weighted by molar-refractivity contribution is 5.66. The van der Waals surface area contributed by atoms with Crippen molar-refractivity contribution in [3.63, 3.8) is 0 Å². The summed E-state index contributed by atoms with van der Waals surface area (Å²) < 4.78 is 4.95. The van der Waals surface area contributed by atoms with E-state index in [0.29, 0.717) is 6.42 Å². The number of unbranched alkanes of at least 4 members (excludes halogenated alkanes) is 3. The molecule has 0 heterocycles. The first-order valence-electron chi connectivity index (χ1n) is 4.71. The smallest absolute Gasteiger partial charge is 0.302 e. The number of hydrogen-bond acceptors (Lipinski definition) is 3. The van der Waals surface area contributed by atoms with Crippen LogP contribution in [-0.2, 0) is 9.53 Å². The molecule has 13 heavy (non-hydrogen) atoms. The Balaban J connectivity index is 3.22. The number of ether oxygens (including phenoxy) is 1. The third kappa shape index (κ3) is 8.87. The Labute approximate surface area is 79.7 Å². The van der Waals surface area contributed by atoms with E-state index in [1.807, 2.05) is 6.92 Å². The molecule has 0 amide bonds. The molecule has 0 aromatic heterocycles. The van der Waals surface area contributed by atoms with Gasteiger partial charge in [-0.25, -0.2) is 0 Å². The quantitative estimate of drug-likeness (QED) is 0.469. The molecule has 0 fully saturated rings. The lowest BCUT2D eigenvalue weighted by atomic mass is 10.1. The maximum atomic E-state index is 10.5. The summed E-state index contributed by atoms with van der Waals surface area (Å²) in [6, 6.07) is 2.10. The number of carbonyl (C=O) groups excluding carboxylic acids is 1. The van der Waals surface area contributed by atoms with Gasteiger partial charge in [0, 0.05) is 13.3 Å². The summed E-state index contributed by atoms with van der Waals surface area (Å²) >= 11 is 0. The van der Waals surface area contributed by atoms with Crippen molar-refractivity contribution in [2.75, 3.05) is 0 Å². The van der Waals surface area contributed by atoms with Crippen molar-refractivity contribution in [1.29, 1.82) is 5.26 Å². The minimum Gasteiger partial charge on any atom is -0.463 e. The van der Waals surface area contributed by atoms with Gasteiger partial charge in [-0.15, -0.1) is 0 Å². The fourth-order valence-corrected chi connectivity index (χ4v) is 1.15. The topological polar surface area (TPSA) is 50.1 Å². The summed E-state index contributed by atoms with van der Waals surface area (Å²) in [6.07, 6.45) is 4.55. The van der Waals surface area contributed by atoms with Crippen molar-refractivity contribution in [1.82, 2.24) is 0 Å². The van der Waals surface area contributed by atoms with Gasteiger partial charge in [0.15, 0.2) is 0 Å². The second-order valence-electron chi connectivity index (χ2n) is 3.18. The molecule has 3 heteroatoms. The van der Waals surface area contributed by atoms with E-state index in [1.165, 1.54) is 6.92 Å². The zero-order valence-corrected chi connectivity index (χ0v) is 8.38. The van der Waals surface area contributed by atoms with Crippen LogP contribution in [0, 0.1) is 11.3 Å². The summed E-state index contributed by atoms with van der Waals surface area (Å²) in [4.78, 5) is 10.5. The minimum absolute atomic E-state index is 0.0135. The first kappa shape index (κ1) is 12.0. The first-order valence-corrected chi connectivity index (χ1v) is 4.71. The van der Waals surface area contributed by atoms with E-state index in [9.17, 15) is 4.79 Å². The van der Waals surface area contributed by atoms with Crippen molar-refractivity contribution in [3.05, 3.63) is 0 Å². The van der Waals surface area contributed by atoms with Crippen LogP contribution in [0.1, 0.15) is 46.0 Å². The molecule has 0 spiro atoms. The third-order valence-corrected chi connectivity index (χ3v) is 1.77. The second-order valence-corrected chi connectivity index (χ2v) is 3.18. The number of rotatable bonds is 6. The summed E-state index contributed by atoms with van der Waals surface area (Å²) in [5, 5.41) is 8.27. The van der Waals surface area contributed by atoms with Crippen LogP contribution >= 0.6 is 0 Å². The number of esters is 1. The van der Waals surface area contributed by atoms with Crippen LogP contribution in [0.4, 0.5) is 0 Å². The molecule has 1 unspecified atom stereocenters. The minimum atomic E-state index is -0.218. The summed E-state index contributed by atoms with van der Waals surface area (Å²) in [5.74, 6) is -0.218. The van der Waals surface area contributed by atoms with Crippen molar-refractivity contribution < 1.29 is 9.53 Å². The van der Waals surface area contributed by atoms with Gasteiger partial charge in [-0.05, 0) is 26.2 Å². The van der Waals surface area contributed by atoms with Crippen LogP contribution in [0.25, 0.3) is 0 Å². The maximum absolute atomic E-state index is 10.5. The van der Waals surface area contributed by atoms with Crippen molar-refractivity contribution in [3.8, 4) is 6.07 Å². The van der Waals surface area contributed by atoms with Gasteiger partial charge >= 0.3 is 5.97 Å². The molecule has 0 saturated carbocycles. The fourth-order valence-electron chi connectivity index (χ4n) is 1.15. The zero-order chi connectivity index (χ0) is 10.1. The fraction of sp³-hybridized carbons (Fsp3) is 0.800. The Bertz CT molecular complexity index is 184. The van der Waals surface area contributed by atoms with E-state index >= 15 is 0 Å². The van der Waals surface area contributed by atoms with E-state index in [2.05, 4.69) is 6.07 Å². The molecule has 0 saturated heterocycles. The van der Waals surface area contributed by atoms with Crippen LogP contribution in [0.15, 0.2) is 0 Å². The summed E-state index contributed by atoms with van der Waals surface area (Å²) in [7, 11) is 0. The number of carbonyl (C=O) groups is 1. The number of nitriles is 1. The van der Waals surface area contributed by atoms with Crippen molar-refractivity contribution in [2.45, 2.75) is 52.1 Å². The molecule has 0 aliphatic rings. The second kappa shape index (κ2) is 7.60. The molecule has 0 aliphatic carbocycles. The zero-order valence-electron chi connectivity index (χ0n) is 8.38. The van der Waals surface area contributed by atoms with E-state index < -0.39 is 0 Å².